The second kappa shape index (κ2) is 6.12. The molecule has 0 atom stereocenters. The van der Waals surface area contributed by atoms with Gasteiger partial charge >= 0.3 is 10.1 Å². The number of rotatable bonds is 3. The van der Waals surface area contributed by atoms with Crippen molar-refractivity contribution in [3.05, 3.63) is 52.1 Å². The van der Waals surface area contributed by atoms with Crippen LogP contribution in [0.5, 0.6) is 0 Å². The SMILES string of the molecule is CC1=CC(=NOS(=O)(=O)c2c(C)cc(C)cc2C)C=C(C)C1=O. The van der Waals surface area contributed by atoms with Crippen LogP contribution < -0.4 is 0 Å². The van der Waals surface area contributed by atoms with E-state index in [1.807, 2.05) is 6.92 Å². The molecule has 1 aromatic rings. The van der Waals surface area contributed by atoms with Crippen LogP contribution >= 0.6 is 0 Å². The summed E-state index contributed by atoms with van der Waals surface area (Å²) >= 11 is 0. The number of Topliss-reactive ketones (excluding diaryl/α,β-unsaturated/α-hetero) is 1. The molecule has 122 valence electrons. The zero-order valence-electron chi connectivity index (χ0n) is 13.8. The molecule has 0 unspecified atom stereocenters. The summed E-state index contributed by atoms with van der Waals surface area (Å²) in [5.74, 6) is -0.0861. The lowest BCUT2D eigenvalue weighted by atomic mass is 9.98. The van der Waals surface area contributed by atoms with Crippen molar-refractivity contribution < 1.29 is 17.5 Å². The fraction of sp³-hybridized carbons (Fsp3) is 0.294. The number of hydrogen-bond donors (Lipinski definition) is 0. The molecular weight excluding hydrogens is 314 g/mol. The molecule has 0 fully saturated rings. The van der Waals surface area contributed by atoms with Gasteiger partial charge in [0, 0.05) is 0 Å². The van der Waals surface area contributed by atoms with Gasteiger partial charge in [0.2, 0.25) is 0 Å². The smallest absolute Gasteiger partial charge is 0.289 e. The molecule has 0 aliphatic heterocycles. The number of hydrogen-bond acceptors (Lipinski definition) is 5. The Morgan fingerprint density at radius 1 is 0.913 bits per heavy atom. The van der Waals surface area contributed by atoms with E-state index >= 15 is 0 Å². The molecule has 0 amide bonds. The van der Waals surface area contributed by atoms with Gasteiger partial charge in [0.15, 0.2) is 5.78 Å². The topological polar surface area (TPSA) is 72.8 Å². The first kappa shape index (κ1) is 17.1. The fourth-order valence-electron chi connectivity index (χ4n) is 2.67. The molecule has 1 aromatic carbocycles. The Bertz CT molecular complexity index is 827. The maximum atomic E-state index is 12.4. The predicted octanol–water partition coefficient (Wildman–Crippen LogP) is 3.15. The maximum Gasteiger partial charge on any atom is 0.359 e. The highest BCUT2D eigenvalue weighted by Crippen LogP contribution is 2.24. The summed E-state index contributed by atoms with van der Waals surface area (Å²) in [6.45, 7) is 8.64. The van der Waals surface area contributed by atoms with E-state index < -0.39 is 10.1 Å². The van der Waals surface area contributed by atoms with Crippen LogP contribution in [0.2, 0.25) is 0 Å². The third-order valence-corrected chi connectivity index (χ3v) is 4.96. The zero-order valence-corrected chi connectivity index (χ0v) is 14.6. The summed E-state index contributed by atoms with van der Waals surface area (Å²) < 4.78 is 29.7. The Kier molecular flexibility index (Phi) is 4.56. The minimum Gasteiger partial charge on any atom is -0.289 e. The lowest BCUT2D eigenvalue weighted by Crippen LogP contribution is -2.12. The molecule has 0 radical (unpaired) electrons. The number of ketones is 1. The van der Waals surface area contributed by atoms with E-state index in [0.29, 0.717) is 28.0 Å². The van der Waals surface area contributed by atoms with Gasteiger partial charge in [0.25, 0.3) is 0 Å². The molecule has 1 aliphatic rings. The highest BCUT2D eigenvalue weighted by Gasteiger charge is 2.22. The molecule has 1 aliphatic carbocycles. The third-order valence-electron chi connectivity index (χ3n) is 3.54. The second-order valence-electron chi connectivity index (χ2n) is 5.76. The van der Waals surface area contributed by atoms with Crippen LogP contribution in [0.25, 0.3) is 0 Å². The van der Waals surface area contributed by atoms with Gasteiger partial charge in [-0.2, -0.15) is 8.42 Å². The summed E-state index contributed by atoms with van der Waals surface area (Å²) in [6, 6.07) is 3.56. The number of carbonyl (C=O) groups excluding carboxylic acids is 1. The summed E-state index contributed by atoms with van der Waals surface area (Å²) in [5.41, 5.74) is 3.48. The van der Waals surface area contributed by atoms with Gasteiger partial charge < -0.3 is 0 Å². The van der Waals surface area contributed by atoms with Crippen LogP contribution in [0.15, 0.2) is 45.5 Å². The van der Waals surface area contributed by atoms with Crippen molar-refractivity contribution in [2.45, 2.75) is 39.5 Å². The molecule has 5 nitrogen and oxygen atoms in total. The van der Waals surface area contributed by atoms with Gasteiger partial charge in [-0.15, -0.1) is 0 Å². The van der Waals surface area contributed by atoms with Crippen LogP contribution in [0.4, 0.5) is 0 Å². The van der Waals surface area contributed by atoms with Crippen molar-refractivity contribution in [2.24, 2.45) is 5.16 Å². The highest BCUT2D eigenvalue weighted by atomic mass is 32.2. The van der Waals surface area contributed by atoms with Crippen molar-refractivity contribution in [1.29, 1.82) is 0 Å². The number of aryl methyl sites for hydroxylation is 3. The van der Waals surface area contributed by atoms with Gasteiger partial charge in [-0.05, 0) is 69.0 Å². The normalized spacial score (nSPS) is 15.2. The highest BCUT2D eigenvalue weighted by molar-refractivity contribution is 7.86. The Morgan fingerprint density at radius 2 is 1.39 bits per heavy atom. The van der Waals surface area contributed by atoms with Gasteiger partial charge in [-0.1, -0.05) is 22.9 Å². The molecule has 0 bridgehead atoms. The second-order valence-corrected chi connectivity index (χ2v) is 7.22. The number of allylic oxidation sites excluding steroid dienone is 4. The minimum atomic E-state index is -4.02. The van der Waals surface area contributed by atoms with E-state index in [2.05, 4.69) is 5.16 Å². The molecule has 0 spiro atoms. The standard InChI is InChI=1S/C17H19NO4S/c1-10-6-13(4)17(14(5)7-10)23(20,21)22-18-15-8-11(2)16(19)12(3)9-15/h6-9H,1-5H3. The minimum absolute atomic E-state index is 0.0861. The lowest BCUT2D eigenvalue weighted by Gasteiger charge is -2.11. The van der Waals surface area contributed by atoms with Crippen molar-refractivity contribution in [3.8, 4) is 0 Å². The number of oxime groups is 1. The van der Waals surface area contributed by atoms with E-state index in [0.717, 1.165) is 5.56 Å². The van der Waals surface area contributed by atoms with E-state index in [-0.39, 0.29) is 10.7 Å². The number of carbonyl (C=O) groups is 1. The van der Waals surface area contributed by atoms with E-state index in [4.69, 9.17) is 4.28 Å². The Hall–Kier alpha value is -2.21. The van der Waals surface area contributed by atoms with E-state index in [1.54, 1.807) is 39.8 Å². The van der Waals surface area contributed by atoms with Crippen molar-refractivity contribution >= 4 is 21.6 Å². The van der Waals surface area contributed by atoms with Crippen molar-refractivity contribution in [3.63, 3.8) is 0 Å². The van der Waals surface area contributed by atoms with Crippen LogP contribution in [-0.4, -0.2) is 19.9 Å². The van der Waals surface area contributed by atoms with Crippen LogP contribution in [-0.2, 0) is 19.2 Å². The first-order chi connectivity index (χ1) is 10.6. The molecule has 0 heterocycles. The average molecular weight is 333 g/mol. The van der Waals surface area contributed by atoms with E-state index in [1.165, 1.54) is 12.2 Å². The molecule has 0 saturated heterocycles. The van der Waals surface area contributed by atoms with Crippen LogP contribution in [0, 0.1) is 20.8 Å². The first-order valence-corrected chi connectivity index (χ1v) is 8.53. The zero-order chi connectivity index (χ0) is 17.4. The summed E-state index contributed by atoms with van der Waals surface area (Å²) in [7, 11) is -4.02. The lowest BCUT2D eigenvalue weighted by molar-refractivity contribution is -0.112. The first-order valence-electron chi connectivity index (χ1n) is 7.12. The molecule has 0 aromatic heterocycles. The molecule has 2 rings (SSSR count). The molecular formula is C17H19NO4S. The fourth-order valence-corrected chi connectivity index (χ4v) is 3.84. The van der Waals surface area contributed by atoms with Crippen LogP contribution in [0.1, 0.15) is 30.5 Å². The van der Waals surface area contributed by atoms with Crippen molar-refractivity contribution in [2.75, 3.05) is 0 Å². The van der Waals surface area contributed by atoms with Gasteiger partial charge in [0.05, 0.1) is 0 Å². The Morgan fingerprint density at radius 3 is 1.87 bits per heavy atom. The Balaban J connectivity index is 2.37. The Labute approximate surface area is 136 Å². The molecule has 23 heavy (non-hydrogen) atoms. The number of nitrogens with zero attached hydrogens (tertiary/aromatic N) is 1. The van der Waals surface area contributed by atoms with Gasteiger partial charge in [0.1, 0.15) is 10.6 Å². The van der Waals surface area contributed by atoms with Crippen LogP contribution in [0.3, 0.4) is 0 Å². The van der Waals surface area contributed by atoms with Gasteiger partial charge in [-0.25, -0.2) is 0 Å². The summed E-state index contributed by atoms with van der Waals surface area (Å²) in [4.78, 5) is 11.8. The summed E-state index contributed by atoms with van der Waals surface area (Å²) in [5, 5.41) is 3.69. The number of benzene rings is 1. The molecule has 6 heteroatoms. The van der Waals surface area contributed by atoms with Crippen molar-refractivity contribution in [1.82, 2.24) is 0 Å². The largest absolute Gasteiger partial charge is 0.359 e. The average Bonchev–Trinajstić information content (AvgIpc) is 2.41. The molecule has 0 N–H and O–H groups in total. The monoisotopic (exact) mass is 333 g/mol. The van der Waals surface area contributed by atoms with Gasteiger partial charge in [-0.3, -0.25) is 9.08 Å². The maximum absolute atomic E-state index is 12.4. The third kappa shape index (κ3) is 3.59. The molecule has 0 saturated carbocycles. The predicted molar refractivity (Wildman–Crippen MR) is 88.9 cm³/mol. The van der Waals surface area contributed by atoms with E-state index in [9.17, 15) is 13.2 Å². The summed E-state index contributed by atoms with van der Waals surface area (Å²) in [6.07, 6.45) is 3.00. The quantitative estimate of drug-likeness (QED) is 0.629.